The molecule has 1 N–H and O–H groups in total. The van der Waals surface area contributed by atoms with Crippen molar-refractivity contribution >= 4 is 40.9 Å². The lowest BCUT2D eigenvalue weighted by Crippen LogP contribution is -2.32. The van der Waals surface area contributed by atoms with Crippen LogP contribution in [0.1, 0.15) is 12.7 Å². The van der Waals surface area contributed by atoms with Crippen LogP contribution in [-0.2, 0) is 9.59 Å². The Kier molecular flexibility index (Phi) is 8.13. The van der Waals surface area contributed by atoms with E-state index in [4.69, 9.17) is 16.3 Å². The lowest BCUT2D eigenvalue weighted by Gasteiger charge is -2.17. The molecule has 0 saturated carbocycles. The molecule has 8 nitrogen and oxygen atoms in total. The van der Waals surface area contributed by atoms with Crippen molar-refractivity contribution in [2.45, 2.75) is 19.0 Å². The first-order valence-corrected chi connectivity index (χ1v) is 11.2. The Morgan fingerprint density at radius 1 is 1.19 bits per heavy atom. The highest BCUT2D eigenvalue weighted by Crippen LogP contribution is 2.24. The van der Waals surface area contributed by atoms with E-state index in [1.807, 2.05) is 35.8 Å². The monoisotopic (exact) mass is 473 g/mol. The smallest absolute Gasteiger partial charge is 0.232 e. The molecular formula is C22H24ClN5O3S. The van der Waals surface area contributed by atoms with Gasteiger partial charge in [-0.25, -0.2) is 0 Å². The molecular weight excluding hydrogens is 450 g/mol. The number of anilines is 1. The quantitative estimate of drug-likeness (QED) is 0.475. The third kappa shape index (κ3) is 6.48. The number of ether oxygens (including phenoxy) is 1. The van der Waals surface area contributed by atoms with Crippen molar-refractivity contribution < 1.29 is 14.3 Å². The van der Waals surface area contributed by atoms with E-state index in [9.17, 15) is 9.59 Å². The third-order valence-corrected chi connectivity index (χ3v) is 5.65. The zero-order valence-corrected chi connectivity index (χ0v) is 19.6. The topological polar surface area (TPSA) is 89.3 Å². The molecule has 10 heteroatoms. The summed E-state index contributed by atoms with van der Waals surface area (Å²) in [6, 6.07) is 14.5. The first-order valence-electron chi connectivity index (χ1n) is 9.88. The molecule has 0 radical (unpaired) electrons. The minimum absolute atomic E-state index is 0.0473. The van der Waals surface area contributed by atoms with Gasteiger partial charge in [-0.05, 0) is 49.4 Å². The van der Waals surface area contributed by atoms with Crippen molar-refractivity contribution in [2.75, 3.05) is 31.3 Å². The number of rotatable bonds is 9. The average molecular weight is 474 g/mol. The van der Waals surface area contributed by atoms with Crippen LogP contribution < -0.4 is 10.1 Å². The largest absolute Gasteiger partial charge is 0.492 e. The van der Waals surface area contributed by atoms with Gasteiger partial charge >= 0.3 is 0 Å². The van der Waals surface area contributed by atoms with Gasteiger partial charge in [0.15, 0.2) is 5.16 Å². The summed E-state index contributed by atoms with van der Waals surface area (Å²) < 4.78 is 7.50. The Morgan fingerprint density at radius 3 is 2.66 bits per heavy atom. The number of hydrogen-bond donors (Lipinski definition) is 1. The molecule has 0 unspecified atom stereocenters. The number of nitrogens with zero attached hydrogens (tertiary/aromatic N) is 4. The number of aryl methyl sites for hydroxylation is 1. The zero-order chi connectivity index (χ0) is 23.1. The van der Waals surface area contributed by atoms with E-state index < -0.39 is 0 Å². The van der Waals surface area contributed by atoms with Crippen LogP contribution in [0.4, 0.5) is 5.69 Å². The van der Waals surface area contributed by atoms with Gasteiger partial charge < -0.3 is 15.0 Å². The Bertz CT molecular complexity index is 1090. The Balaban J connectivity index is 1.57. The van der Waals surface area contributed by atoms with Crippen LogP contribution >= 0.6 is 23.4 Å². The predicted octanol–water partition coefficient (Wildman–Crippen LogP) is 3.82. The Labute approximate surface area is 195 Å². The van der Waals surface area contributed by atoms with Crippen LogP contribution in [0, 0.1) is 6.92 Å². The van der Waals surface area contributed by atoms with Gasteiger partial charge in [-0.1, -0.05) is 29.4 Å². The molecule has 0 atom stereocenters. The zero-order valence-electron chi connectivity index (χ0n) is 18.0. The molecule has 32 heavy (non-hydrogen) atoms. The second kappa shape index (κ2) is 11.0. The van der Waals surface area contributed by atoms with Crippen LogP contribution in [0.5, 0.6) is 5.75 Å². The molecule has 0 aliphatic rings. The number of carbonyl (C=O) groups excluding carboxylic acids is 2. The van der Waals surface area contributed by atoms with E-state index in [-0.39, 0.29) is 17.6 Å². The van der Waals surface area contributed by atoms with Crippen molar-refractivity contribution in [1.29, 1.82) is 0 Å². The molecule has 1 heterocycles. The lowest BCUT2D eigenvalue weighted by molar-refractivity contribution is -0.127. The fourth-order valence-electron chi connectivity index (χ4n) is 2.85. The second-order valence-corrected chi connectivity index (χ2v) is 8.38. The van der Waals surface area contributed by atoms with Gasteiger partial charge in [-0.2, -0.15) is 0 Å². The molecule has 0 fully saturated rings. The van der Waals surface area contributed by atoms with Gasteiger partial charge in [0, 0.05) is 24.7 Å². The van der Waals surface area contributed by atoms with Gasteiger partial charge in [0.1, 0.15) is 18.2 Å². The molecule has 0 aliphatic carbocycles. The van der Waals surface area contributed by atoms with Gasteiger partial charge in [-0.3, -0.25) is 14.2 Å². The van der Waals surface area contributed by atoms with Crippen LogP contribution in [0.2, 0.25) is 5.02 Å². The minimum Gasteiger partial charge on any atom is -0.492 e. The molecule has 2 amide bonds. The first-order chi connectivity index (χ1) is 15.3. The molecule has 1 aromatic heterocycles. The molecule has 0 aliphatic heterocycles. The predicted molar refractivity (Wildman–Crippen MR) is 126 cm³/mol. The van der Waals surface area contributed by atoms with E-state index in [0.29, 0.717) is 40.6 Å². The van der Waals surface area contributed by atoms with Crippen molar-refractivity contribution in [3.05, 3.63) is 59.4 Å². The van der Waals surface area contributed by atoms with Crippen molar-refractivity contribution in [1.82, 2.24) is 19.7 Å². The lowest BCUT2D eigenvalue weighted by atomic mass is 10.2. The van der Waals surface area contributed by atoms with Gasteiger partial charge in [0.25, 0.3) is 0 Å². The SMILES string of the molecule is CC(=O)Nc1cccc(-n2c(C)nnc2SCC(=O)N(C)CCOc2ccc(Cl)cc2)c1. The Hall–Kier alpha value is -3.04. The molecule has 3 rings (SSSR count). The van der Waals surface area contributed by atoms with E-state index in [1.165, 1.54) is 18.7 Å². The maximum absolute atomic E-state index is 12.6. The summed E-state index contributed by atoms with van der Waals surface area (Å²) in [5.74, 6) is 1.40. The van der Waals surface area contributed by atoms with Crippen LogP contribution in [0.15, 0.2) is 53.7 Å². The number of aromatic nitrogens is 3. The Morgan fingerprint density at radius 2 is 1.94 bits per heavy atom. The van der Waals surface area contributed by atoms with Crippen LogP contribution in [0.25, 0.3) is 5.69 Å². The fourth-order valence-corrected chi connectivity index (χ4v) is 3.92. The van der Waals surface area contributed by atoms with E-state index >= 15 is 0 Å². The number of hydrogen-bond acceptors (Lipinski definition) is 6. The normalized spacial score (nSPS) is 10.6. The number of thioether (sulfide) groups is 1. The van der Waals surface area contributed by atoms with Crippen LogP contribution in [0.3, 0.4) is 0 Å². The van der Waals surface area contributed by atoms with Crippen molar-refractivity contribution in [3.8, 4) is 11.4 Å². The summed E-state index contributed by atoms with van der Waals surface area (Å²) in [7, 11) is 1.74. The molecule has 168 valence electrons. The highest BCUT2D eigenvalue weighted by atomic mass is 35.5. The fraction of sp³-hybridized carbons (Fsp3) is 0.273. The number of amides is 2. The standard InChI is InChI=1S/C22H24ClN5O3S/c1-15-25-26-22(28(15)19-6-4-5-18(13-19)24-16(2)29)32-14-21(30)27(3)11-12-31-20-9-7-17(23)8-10-20/h4-10,13H,11-12,14H2,1-3H3,(H,24,29). The van der Waals surface area contributed by atoms with Gasteiger partial charge in [-0.15, -0.1) is 10.2 Å². The maximum atomic E-state index is 12.6. The molecule has 0 saturated heterocycles. The molecule has 0 spiro atoms. The summed E-state index contributed by atoms with van der Waals surface area (Å²) in [5, 5.41) is 12.4. The highest BCUT2D eigenvalue weighted by Gasteiger charge is 2.16. The average Bonchev–Trinajstić information content (AvgIpc) is 3.13. The van der Waals surface area contributed by atoms with Gasteiger partial charge in [0.2, 0.25) is 11.8 Å². The first kappa shape index (κ1) is 23.6. The minimum atomic E-state index is -0.147. The van der Waals surface area contributed by atoms with E-state index in [2.05, 4.69) is 15.5 Å². The number of likely N-dealkylation sites (N-methyl/N-ethyl adjacent to an activating group) is 1. The number of halogens is 1. The van der Waals surface area contributed by atoms with Crippen molar-refractivity contribution in [3.63, 3.8) is 0 Å². The number of benzene rings is 2. The van der Waals surface area contributed by atoms with Crippen molar-refractivity contribution in [2.24, 2.45) is 0 Å². The summed E-state index contributed by atoms with van der Waals surface area (Å²) in [6.07, 6.45) is 0. The van der Waals surface area contributed by atoms with E-state index in [0.717, 1.165) is 5.69 Å². The summed E-state index contributed by atoms with van der Waals surface area (Å²) in [5.41, 5.74) is 1.48. The molecule has 0 bridgehead atoms. The molecule has 3 aromatic rings. The highest BCUT2D eigenvalue weighted by molar-refractivity contribution is 7.99. The number of carbonyl (C=O) groups is 2. The summed E-state index contributed by atoms with van der Waals surface area (Å²) >= 11 is 7.17. The summed E-state index contributed by atoms with van der Waals surface area (Å²) in [6.45, 7) is 4.12. The van der Waals surface area contributed by atoms with Gasteiger partial charge in [0.05, 0.1) is 18.0 Å². The van der Waals surface area contributed by atoms with E-state index in [1.54, 1.807) is 36.2 Å². The summed E-state index contributed by atoms with van der Waals surface area (Å²) in [4.78, 5) is 25.5. The maximum Gasteiger partial charge on any atom is 0.232 e. The third-order valence-electron chi connectivity index (χ3n) is 4.48. The van der Waals surface area contributed by atoms with Crippen LogP contribution in [-0.4, -0.2) is 57.4 Å². The second-order valence-electron chi connectivity index (χ2n) is 7.00. The molecule has 2 aromatic carbocycles. The number of nitrogens with one attached hydrogen (secondary N) is 1.